The van der Waals surface area contributed by atoms with Crippen molar-refractivity contribution in [1.29, 1.82) is 0 Å². The number of aliphatic hydroxyl groups is 6. The van der Waals surface area contributed by atoms with Crippen LogP contribution in [-0.2, 0) is 47.0 Å². The monoisotopic (exact) mass is 1610 g/mol. The average molecular weight is 1610 g/mol. The van der Waals surface area contributed by atoms with E-state index in [2.05, 4.69) is 59.2 Å². The van der Waals surface area contributed by atoms with Crippen molar-refractivity contribution < 1.29 is 116 Å². The Hall–Kier alpha value is -5.54. The minimum Gasteiger partial charge on any atom is -0.494 e. The molecule has 2 aliphatic rings. The number of amides is 2. The van der Waals surface area contributed by atoms with E-state index in [0.717, 1.165) is 96.0 Å². The van der Waals surface area contributed by atoms with Crippen LogP contribution in [0.4, 0.5) is 0 Å². The summed E-state index contributed by atoms with van der Waals surface area (Å²) in [4.78, 5) is 65.5. The molecular formula is C80H112N2O24P4. The molecule has 0 bridgehead atoms. The molecule has 0 saturated carbocycles. The number of aliphatic hydroxyl groups excluding tert-OH is 6. The van der Waals surface area contributed by atoms with Gasteiger partial charge >= 0.3 is 15.2 Å². The first-order valence-electron chi connectivity index (χ1n) is 38.2. The highest BCUT2D eigenvalue weighted by Gasteiger charge is 2.46. The molecule has 0 unspecified atom stereocenters. The fourth-order valence-electron chi connectivity index (χ4n) is 12.4. The van der Waals surface area contributed by atoms with E-state index in [0.29, 0.717) is 127 Å². The molecule has 6 aromatic carbocycles. The highest BCUT2D eigenvalue weighted by Crippen LogP contribution is 2.40. The van der Waals surface area contributed by atoms with Gasteiger partial charge in [0.2, 0.25) is 0 Å². The van der Waals surface area contributed by atoms with E-state index in [4.69, 9.17) is 47.4 Å². The zero-order chi connectivity index (χ0) is 78.4. The Morgan fingerprint density at radius 3 is 0.927 bits per heavy atom. The molecular weight excluding hydrogens is 1500 g/mol. The number of carbonyl (C=O) groups is 2. The molecule has 0 aromatic heterocycles. The van der Waals surface area contributed by atoms with Gasteiger partial charge in [-0.05, 0) is 187 Å². The Morgan fingerprint density at radius 1 is 0.355 bits per heavy atom. The van der Waals surface area contributed by atoms with E-state index >= 15 is 0 Å². The number of hydrogen-bond donors (Lipinski definition) is 12. The summed E-state index contributed by atoms with van der Waals surface area (Å²) in [5, 5.41) is 74.6. The van der Waals surface area contributed by atoms with Crippen LogP contribution >= 0.6 is 31.0 Å². The maximum Gasteiger partial charge on any atom is 0.325 e. The van der Waals surface area contributed by atoms with Gasteiger partial charge in [-0.15, -0.1) is 0 Å². The van der Waals surface area contributed by atoms with Gasteiger partial charge in [0.1, 0.15) is 48.1 Å². The maximum absolute atomic E-state index is 14.2. The Kier molecular flexibility index (Phi) is 40.3. The van der Waals surface area contributed by atoms with E-state index in [1.165, 1.54) is 0 Å². The SMILES string of the molecule is O=C(NCCCCO[C@H]1O[C@H](CCP(=O)(O)O)[C@@H](O)[C@H](O)[C@@H]1O)c1cc(OCCCCOCCCCOCCCCOCCCCOCCCCOc2ccc(P(c3ccccc3)c3ccccc3)c(C(=O)NCCCCO[C@H]3O[C@H](CCP(=O)(O)O)[C@@H](O)[C@H](O)[C@@H]3O)c2)ccc1P(c1ccccc1)c1ccccc1. The van der Waals surface area contributed by atoms with E-state index < -0.39 is 105 Å². The molecule has 8 rings (SSSR count). The number of carbonyl (C=O) groups excluding carboxylic acids is 2. The third kappa shape index (κ3) is 31.3. The molecule has 2 aliphatic heterocycles. The Balaban J connectivity index is 0.644. The molecule has 2 amide bonds. The van der Waals surface area contributed by atoms with Crippen LogP contribution < -0.4 is 51.9 Å². The summed E-state index contributed by atoms with van der Waals surface area (Å²) in [5.74, 6) is 0.614. The van der Waals surface area contributed by atoms with Gasteiger partial charge in [-0.2, -0.15) is 0 Å². The third-order valence-corrected chi connectivity index (χ3v) is 25.1. The van der Waals surface area contributed by atoms with Crippen LogP contribution in [-0.4, -0.2) is 228 Å². The number of ether oxygens (including phenoxy) is 10. The summed E-state index contributed by atoms with van der Waals surface area (Å²) in [7, 11) is -11.1. The van der Waals surface area contributed by atoms with Crippen molar-refractivity contribution in [3.05, 3.63) is 169 Å². The van der Waals surface area contributed by atoms with E-state index in [9.17, 15) is 68.9 Å². The zero-order valence-corrected chi connectivity index (χ0v) is 66.0. The number of benzene rings is 6. The third-order valence-electron chi connectivity index (χ3n) is 18.4. The van der Waals surface area contributed by atoms with Crippen LogP contribution in [0.5, 0.6) is 11.5 Å². The average Bonchev–Trinajstić information content (AvgIpc) is 0.796. The predicted molar refractivity (Wildman–Crippen MR) is 422 cm³/mol. The van der Waals surface area contributed by atoms with Crippen LogP contribution in [0.2, 0.25) is 0 Å². The molecule has 0 spiro atoms. The number of nitrogens with one attached hydrogen (secondary N) is 2. The molecule has 0 radical (unpaired) electrons. The summed E-state index contributed by atoms with van der Waals surface area (Å²) >= 11 is 0. The smallest absolute Gasteiger partial charge is 0.325 e. The fraction of sp³-hybridized carbons (Fsp3) is 0.525. The highest BCUT2D eigenvalue weighted by atomic mass is 31.2. The zero-order valence-electron chi connectivity index (χ0n) is 62.4. The first-order valence-corrected chi connectivity index (χ1v) is 44.5. The summed E-state index contributed by atoms with van der Waals surface area (Å²) < 4.78 is 81.5. The van der Waals surface area contributed by atoms with Crippen LogP contribution in [0, 0.1) is 0 Å². The molecule has 6 aromatic rings. The van der Waals surface area contributed by atoms with Gasteiger partial charge in [-0.1, -0.05) is 121 Å². The normalized spacial score (nSPS) is 20.3. The minimum atomic E-state index is -4.40. The molecule has 110 heavy (non-hydrogen) atoms. The van der Waals surface area contributed by atoms with Gasteiger partial charge in [0.15, 0.2) is 12.6 Å². The van der Waals surface area contributed by atoms with E-state index in [1.54, 1.807) is 12.1 Å². The maximum atomic E-state index is 14.2. The van der Waals surface area contributed by atoms with Crippen molar-refractivity contribution in [3.63, 3.8) is 0 Å². The molecule has 26 nitrogen and oxygen atoms in total. The Morgan fingerprint density at radius 2 is 0.636 bits per heavy atom. The van der Waals surface area contributed by atoms with E-state index in [-0.39, 0.29) is 37.9 Å². The van der Waals surface area contributed by atoms with Gasteiger partial charge in [0.25, 0.3) is 11.8 Å². The van der Waals surface area contributed by atoms with Gasteiger partial charge in [0.05, 0.1) is 48.9 Å². The first-order chi connectivity index (χ1) is 53.3. The van der Waals surface area contributed by atoms with Crippen molar-refractivity contribution in [2.24, 2.45) is 0 Å². The molecule has 2 heterocycles. The molecule has 30 heteroatoms. The lowest BCUT2D eigenvalue weighted by atomic mass is 9.97. The predicted octanol–water partition coefficient (Wildman–Crippen LogP) is 6.43. The second-order valence-corrected chi connectivity index (χ2v) is 35.0. The van der Waals surface area contributed by atoms with Crippen molar-refractivity contribution in [2.45, 2.75) is 164 Å². The van der Waals surface area contributed by atoms with Crippen molar-refractivity contribution >= 4 is 74.7 Å². The van der Waals surface area contributed by atoms with Crippen LogP contribution in [0.1, 0.15) is 123 Å². The van der Waals surface area contributed by atoms with Gasteiger partial charge in [-0.3, -0.25) is 18.7 Å². The van der Waals surface area contributed by atoms with Crippen molar-refractivity contribution in [3.8, 4) is 11.5 Å². The number of hydrogen-bond acceptors (Lipinski definition) is 20. The largest absolute Gasteiger partial charge is 0.494 e. The topological polar surface area (TPSA) is 387 Å². The molecule has 2 saturated heterocycles. The summed E-state index contributed by atoms with van der Waals surface area (Å²) in [6.07, 6.45) is -5.68. The Labute approximate surface area is 647 Å². The lowest BCUT2D eigenvalue weighted by molar-refractivity contribution is -0.297. The molecule has 12 N–H and O–H groups in total. The van der Waals surface area contributed by atoms with Gasteiger partial charge < -0.3 is 108 Å². The Bertz CT molecular complexity index is 3350. The number of rotatable bonds is 53. The summed E-state index contributed by atoms with van der Waals surface area (Å²) in [5.41, 5.74) is 0.993. The molecule has 2 fully saturated rings. The van der Waals surface area contributed by atoms with Crippen molar-refractivity contribution in [2.75, 3.05) is 105 Å². The second kappa shape index (κ2) is 49.3. The fourth-order valence-corrected chi connectivity index (χ4v) is 18.4. The highest BCUT2D eigenvalue weighted by molar-refractivity contribution is 7.80. The molecule has 10 atom stereocenters. The lowest BCUT2D eigenvalue weighted by Crippen LogP contribution is -2.58. The van der Waals surface area contributed by atoms with Crippen LogP contribution in [0.3, 0.4) is 0 Å². The van der Waals surface area contributed by atoms with Gasteiger partial charge in [0, 0.05) is 79.2 Å². The van der Waals surface area contributed by atoms with Crippen LogP contribution in [0.15, 0.2) is 158 Å². The second-order valence-electron chi connectivity index (χ2n) is 27.1. The first kappa shape index (κ1) is 90.0. The molecule has 0 aliphatic carbocycles. The lowest BCUT2D eigenvalue weighted by Gasteiger charge is -2.40. The van der Waals surface area contributed by atoms with Crippen LogP contribution in [0.25, 0.3) is 0 Å². The van der Waals surface area contributed by atoms with Crippen molar-refractivity contribution in [1.82, 2.24) is 10.6 Å². The van der Waals surface area contributed by atoms with Gasteiger partial charge in [-0.25, -0.2) is 0 Å². The number of unbranched alkanes of at least 4 members (excludes halogenated alkanes) is 7. The summed E-state index contributed by atoms with van der Waals surface area (Å²) in [6, 6.07) is 51.8. The van der Waals surface area contributed by atoms with E-state index in [1.807, 2.05) is 97.1 Å². The minimum absolute atomic E-state index is 0.0771. The standard InChI is InChI=1S/C80H112N2O24P4/c83-71-67(39-55-109(91,92)93)105-79(75(87)73(71)85)103-53-15-13-41-81-77(89)65-57-59(35-37-69(65)107(61-27-5-1-6-28-61)62-29-7-2-8-30-62)101-51-25-23-49-99-47-21-19-45-97-43-17-18-44-98-46-20-22-48-100-50-24-26-52-102-60-36-38-70(108(63-31-9-3-10-32-63)64-33-11-4-12-34-64)66(58-60)78(90)82-42-14-16-54-104-80-76(88)74(86)72(84)68(106-80)40-56-110(94,95)96/h1-12,27-38,57-58,67-68,71-76,79-80,83-88H,13-26,39-56H2,(H,81,89)(H,82,90)(H2,91,92,93)(H2,94,95,96)/t67-,68-,71-,72-,73+,74+,75+,76+,79+,80+/m1/s1. The quantitative estimate of drug-likeness (QED) is 0.0144. The molecule has 606 valence electrons. The summed E-state index contributed by atoms with van der Waals surface area (Å²) in [6.45, 7) is 6.82.